The summed E-state index contributed by atoms with van der Waals surface area (Å²) in [6, 6.07) is 11.2. The third-order valence-electron chi connectivity index (χ3n) is 4.25. The fraction of sp³-hybridized carbons (Fsp3) is 0.150. The van der Waals surface area contributed by atoms with Crippen molar-refractivity contribution in [2.24, 2.45) is 0 Å². The number of ether oxygens (including phenoxy) is 1. The second-order valence-corrected chi connectivity index (χ2v) is 6.08. The number of anilines is 1. The third-order valence-corrected chi connectivity index (χ3v) is 4.25. The van der Waals surface area contributed by atoms with Crippen LogP contribution >= 0.6 is 0 Å². The van der Waals surface area contributed by atoms with Crippen LogP contribution in [0.3, 0.4) is 0 Å². The predicted molar refractivity (Wildman–Crippen MR) is 101 cm³/mol. The normalized spacial score (nSPS) is 10.9. The number of aromatic nitrogens is 3. The van der Waals surface area contributed by atoms with Gasteiger partial charge in [-0.05, 0) is 23.8 Å². The Labute approximate surface area is 155 Å². The summed E-state index contributed by atoms with van der Waals surface area (Å²) in [5.41, 5.74) is 2.52. The Morgan fingerprint density at radius 2 is 2.19 bits per heavy atom. The van der Waals surface area contributed by atoms with E-state index in [-0.39, 0.29) is 12.3 Å². The highest BCUT2D eigenvalue weighted by atomic mass is 16.5. The molecule has 3 heterocycles. The molecular weight excluding hydrogens is 344 g/mol. The second kappa shape index (κ2) is 7.33. The molecule has 3 aromatic heterocycles. The van der Waals surface area contributed by atoms with Gasteiger partial charge < -0.3 is 14.5 Å². The quantitative estimate of drug-likeness (QED) is 0.569. The standard InChI is InChI=1S/C20H18N4O3/c1-26-16-4-5-17-15(13-27-18(17)10-16)9-20(25)23-19-6-8-22-24(19)12-14-3-2-7-21-11-14/h2-8,10-11,13H,9,12H2,1H3,(H,23,25). The van der Waals surface area contributed by atoms with Gasteiger partial charge in [0.1, 0.15) is 17.2 Å². The summed E-state index contributed by atoms with van der Waals surface area (Å²) in [4.78, 5) is 16.6. The van der Waals surface area contributed by atoms with Crippen LogP contribution < -0.4 is 10.1 Å². The first-order valence-corrected chi connectivity index (χ1v) is 8.47. The van der Waals surface area contributed by atoms with E-state index in [9.17, 15) is 4.79 Å². The first-order chi connectivity index (χ1) is 13.2. The van der Waals surface area contributed by atoms with E-state index in [2.05, 4.69) is 15.4 Å². The third kappa shape index (κ3) is 3.67. The maximum absolute atomic E-state index is 12.5. The molecule has 27 heavy (non-hydrogen) atoms. The van der Waals surface area contributed by atoms with E-state index in [4.69, 9.17) is 9.15 Å². The molecule has 1 N–H and O–H groups in total. The van der Waals surface area contributed by atoms with Crippen molar-refractivity contribution in [1.82, 2.24) is 14.8 Å². The molecule has 0 aliphatic carbocycles. The highest BCUT2D eigenvalue weighted by Crippen LogP contribution is 2.26. The molecule has 7 nitrogen and oxygen atoms in total. The van der Waals surface area contributed by atoms with Crippen LogP contribution in [-0.4, -0.2) is 27.8 Å². The van der Waals surface area contributed by atoms with Crippen molar-refractivity contribution in [3.8, 4) is 5.75 Å². The Bertz CT molecular complexity index is 1070. The molecule has 0 fully saturated rings. The molecular formula is C20H18N4O3. The minimum absolute atomic E-state index is 0.138. The van der Waals surface area contributed by atoms with Crippen molar-refractivity contribution in [3.63, 3.8) is 0 Å². The first-order valence-electron chi connectivity index (χ1n) is 8.47. The number of hydrogen-bond acceptors (Lipinski definition) is 5. The van der Waals surface area contributed by atoms with Gasteiger partial charge in [-0.1, -0.05) is 6.07 Å². The molecule has 136 valence electrons. The maximum Gasteiger partial charge on any atom is 0.230 e. The molecule has 0 saturated heterocycles. The summed E-state index contributed by atoms with van der Waals surface area (Å²) in [6.07, 6.45) is 6.97. The van der Waals surface area contributed by atoms with Crippen LogP contribution in [0.15, 0.2) is 65.7 Å². The molecule has 1 aromatic carbocycles. The van der Waals surface area contributed by atoms with Crippen LogP contribution in [0, 0.1) is 0 Å². The highest BCUT2D eigenvalue weighted by Gasteiger charge is 2.13. The van der Waals surface area contributed by atoms with Gasteiger partial charge in [-0.2, -0.15) is 5.10 Å². The van der Waals surface area contributed by atoms with Crippen molar-refractivity contribution in [1.29, 1.82) is 0 Å². The van der Waals surface area contributed by atoms with E-state index < -0.39 is 0 Å². The smallest absolute Gasteiger partial charge is 0.230 e. The molecule has 0 spiro atoms. The number of nitrogens with one attached hydrogen (secondary N) is 1. The van der Waals surface area contributed by atoms with Crippen LogP contribution in [-0.2, 0) is 17.8 Å². The average Bonchev–Trinajstić information content (AvgIpc) is 3.29. The van der Waals surface area contributed by atoms with Crippen molar-refractivity contribution in [2.75, 3.05) is 12.4 Å². The van der Waals surface area contributed by atoms with E-state index in [0.29, 0.717) is 23.7 Å². The minimum atomic E-state index is -0.138. The second-order valence-electron chi connectivity index (χ2n) is 6.08. The van der Waals surface area contributed by atoms with Gasteiger partial charge in [0.05, 0.1) is 32.5 Å². The zero-order valence-electron chi connectivity index (χ0n) is 14.8. The summed E-state index contributed by atoms with van der Waals surface area (Å²) in [6.45, 7) is 0.533. The molecule has 0 radical (unpaired) electrons. The Kier molecular flexibility index (Phi) is 4.57. The van der Waals surface area contributed by atoms with Crippen molar-refractivity contribution in [3.05, 3.63) is 72.4 Å². The van der Waals surface area contributed by atoms with Crippen LogP contribution in [0.5, 0.6) is 5.75 Å². The summed E-state index contributed by atoms with van der Waals surface area (Å²) in [5.74, 6) is 1.21. The monoisotopic (exact) mass is 362 g/mol. The number of nitrogens with zero attached hydrogens (tertiary/aromatic N) is 3. The number of furan rings is 1. The molecule has 0 aliphatic heterocycles. The molecule has 0 atom stereocenters. The van der Waals surface area contributed by atoms with E-state index >= 15 is 0 Å². The number of carbonyl (C=O) groups is 1. The van der Waals surface area contributed by atoms with Gasteiger partial charge in [0.25, 0.3) is 0 Å². The van der Waals surface area contributed by atoms with E-state index in [1.54, 1.807) is 48.8 Å². The molecule has 7 heteroatoms. The lowest BCUT2D eigenvalue weighted by Crippen LogP contribution is -2.17. The molecule has 0 saturated carbocycles. The molecule has 4 rings (SSSR count). The number of amides is 1. The molecule has 0 bridgehead atoms. The van der Waals surface area contributed by atoms with Crippen LogP contribution in [0.4, 0.5) is 5.82 Å². The van der Waals surface area contributed by atoms with Crippen molar-refractivity contribution in [2.45, 2.75) is 13.0 Å². The average molecular weight is 362 g/mol. The number of rotatable bonds is 6. The summed E-state index contributed by atoms with van der Waals surface area (Å²) in [7, 11) is 1.60. The minimum Gasteiger partial charge on any atom is -0.497 e. The fourth-order valence-corrected chi connectivity index (χ4v) is 2.92. The molecule has 0 aliphatic rings. The number of carbonyl (C=O) groups excluding carboxylic acids is 1. The number of methoxy groups -OCH3 is 1. The van der Waals surface area contributed by atoms with Crippen LogP contribution in [0.25, 0.3) is 11.0 Å². The number of fused-ring (bicyclic) bond motifs is 1. The zero-order valence-corrected chi connectivity index (χ0v) is 14.8. The molecule has 0 unspecified atom stereocenters. The summed E-state index contributed by atoms with van der Waals surface area (Å²) in [5, 5.41) is 8.08. The zero-order chi connectivity index (χ0) is 18.6. The van der Waals surface area contributed by atoms with Gasteiger partial charge in [-0.15, -0.1) is 0 Å². The van der Waals surface area contributed by atoms with E-state index in [1.807, 2.05) is 24.3 Å². The Hall–Kier alpha value is -3.61. The lowest BCUT2D eigenvalue weighted by molar-refractivity contribution is -0.115. The van der Waals surface area contributed by atoms with Gasteiger partial charge in [0.2, 0.25) is 5.91 Å². The highest BCUT2D eigenvalue weighted by molar-refractivity contribution is 5.95. The number of benzene rings is 1. The van der Waals surface area contributed by atoms with Gasteiger partial charge in [0.15, 0.2) is 0 Å². The molecule has 1 amide bonds. The van der Waals surface area contributed by atoms with Gasteiger partial charge in [-0.3, -0.25) is 9.78 Å². The van der Waals surface area contributed by atoms with Crippen LogP contribution in [0.2, 0.25) is 0 Å². The predicted octanol–water partition coefficient (Wildman–Crippen LogP) is 3.26. The van der Waals surface area contributed by atoms with Gasteiger partial charge in [-0.25, -0.2) is 4.68 Å². The van der Waals surface area contributed by atoms with Crippen molar-refractivity contribution >= 4 is 22.7 Å². The van der Waals surface area contributed by atoms with E-state index in [0.717, 1.165) is 16.5 Å². The lowest BCUT2D eigenvalue weighted by Gasteiger charge is -2.08. The fourth-order valence-electron chi connectivity index (χ4n) is 2.92. The van der Waals surface area contributed by atoms with Gasteiger partial charge >= 0.3 is 0 Å². The number of pyridine rings is 1. The largest absolute Gasteiger partial charge is 0.497 e. The molecule has 4 aromatic rings. The van der Waals surface area contributed by atoms with Crippen molar-refractivity contribution < 1.29 is 13.9 Å². The maximum atomic E-state index is 12.5. The summed E-state index contributed by atoms with van der Waals surface area (Å²) < 4.78 is 12.5. The first kappa shape index (κ1) is 16.8. The topological polar surface area (TPSA) is 82.2 Å². The SMILES string of the molecule is COc1ccc2c(CC(=O)Nc3ccnn3Cc3cccnc3)coc2c1. The summed E-state index contributed by atoms with van der Waals surface area (Å²) >= 11 is 0. The van der Waals surface area contributed by atoms with Crippen LogP contribution in [0.1, 0.15) is 11.1 Å². The van der Waals surface area contributed by atoms with Gasteiger partial charge in [0, 0.05) is 35.5 Å². The van der Waals surface area contributed by atoms with E-state index in [1.165, 1.54) is 0 Å². The Balaban J connectivity index is 1.47. The lowest BCUT2D eigenvalue weighted by atomic mass is 10.1. The Morgan fingerprint density at radius 1 is 1.26 bits per heavy atom. The number of hydrogen-bond donors (Lipinski definition) is 1. The Morgan fingerprint density at radius 3 is 3.00 bits per heavy atom.